The van der Waals surface area contributed by atoms with E-state index in [2.05, 4.69) is 0 Å². The summed E-state index contributed by atoms with van der Waals surface area (Å²) in [7, 11) is 1.51. The Labute approximate surface area is 88.4 Å². The van der Waals surface area contributed by atoms with Gasteiger partial charge < -0.3 is 14.9 Å². The minimum absolute atomic E-state index is 0.289. The van der Waals surface area contributed by atoms with E-state index in [-0.39, 0.29) is 6.61 Å². The third kappa shape index (κ3) is 2.94. The predicted octanol–water partition coefficient (Wildman–Crippen LogP) is 0.463. The number of nitriles is 1. The number of rotatable bonds is 4. The molecule has 0 amide bonds. The van der Waals surface area contributed by atoms with Crippen molar-refractivity contribution in [2.45, 2.75) is 12.5 Å². The summed E-state index contributed by atoms with van der Waals surface area (Å²) in [6.07, 6.45) is -0.488. The lowest BCUT2D eigenvalue weighted by Gasteiger charge is -2.11. The molecule has 4 nitrogen and oxygen atoms in total. The van der Waals surface area contributed by atoms with Gasteiger partial charge in [0.1, 0.15) is 5.75 Å². The number of methoxy groups -OCH3 is 1. The van der Waals surface area contributed by atoms with E-state index in [1.807, 2.05) is 6.07 Å². The Hall–Kier alpha value is -1.57. The highest BCUT2D eigenvalue weighted by Gasteiger charge is 2.09. The topological polar surface area (TPSA) is 73.5 Å². The third-order valence-electron chi connectivity index (χ3n) is 2.08. The van der Waals surface area contributed by atoms with Crippen molar-refractivity contribution in [3.8, 4) is 11.8 Å². The molecule has 0 bridgehead atoms. The van der Waals surface area contributed by atoms with Crippen LogP contribution in [0.4, 0.5) is 0 Å². The monoisotopic (exact) mass is 207 g/mol. The minimum atomic E-state index is -0.799. The first-order valence-electron chi connectivity index (χ1n) is 4.57. The van der Waals surface area contributed by atoms with Crippen LogP contribution in [0.15, 0.2) is 18.2 Å². The van der Waals surface area contributed by atoms with Gasteiger partial charge in [-0.3, -0.25) is 0 Å². The molecule has 1 aromatic carbocycles. The van der Waals surface area contributed by atoms with E-state index in [1.165, 1.54) is 7.11 Å². The Kier molecular flexibility index (Phi) is 4.10. The van der Waals surface area contributed by atoms with Crippen LogP contribution in [0.5, 0.6) is 5.75 Å². The summed E-state index contributed by atoms with van der Waals surface area (Å²) in [6, 6.07) is 6.99. The van der Waals surface area contributed by atoms with Gasteiger partial charge in [-0.25, -0.2) is 0 Å². The molecule has 0 heterocycles. The van der Waals surface area contributed by atoms with Gasteiger partial charge in [0.25, 0.3) is 0 Å². The summed E-state index contributed by atoms with van der Waals surface area (Å²) in [5.74, 6) is 0.557. The lowest BCUT2D eigenvalue weighted by molar-refractivity contribution is 0.0950. The smallest absolute Gasteiger partial charge is 0.123 e. The summed E-state index contributed by atoms with van der Waals surface area (Å²) >= 11 is 0. The first-order valence-corrected chi connectivity index (χ1v) is 4.57. The van der Waals surface area contributed by atoms with Crippen molar-refractivity contribution in [3.05, 3.63) is 29.3 Å². The number of hydrogen-bond donors (Lipinski definition) is 2. The van der Waals surface area contributed by atoms with E-state index in [1.54, 1.807) is 18.2 Å². The molecule has 15 heavy (non-hydrogen) atoms. The first-order chi connectivity index (χ1) is 7.21. The quantitative estimate of drug-likeness (QED) is 0.752. The van der Waals surface area contributed by atoms with Crippen LogP contribution in [0.25, 0.3) is 0 Å². The molecular formula is C11H13NO3. The SMILES string of the molecule is COc1cc(C#N)ccc1C[C@H](O)CO. The molecule has 0 aliphatic rings. The van der Waals surface area contributed by atoms with E-state index in [0.717, 1.165) is 5.56 Å². The van der Waals surface area contributed by atoms with E-state index in [9.17, 15) is 5.11 Å². The molecule has 0 fully saturated rings. The van der Waals surface area contributed by atoms with Crippen LogP contribution >= 0.6 is 0 Å². The number of ether oxygens (including phenoxy) is 1. The van der Waals surface area contributed by atoms with Gasteiger partial charge >= 0.3 is 0 Å². The van der Waals surface area contributed by atoms with Gasteiger partial charge in [0, 0.05) is 6.42 Å². The Morgan fingerprint density at radius 3 is 2.80 bits per heavy atom. The fraction of sp³-hybridized carbons (Fsp3) is 0.364. The average Bonchev–Trinajstić information content (AvgIpc) is 2.29. The Balaban J connectivity index is 2.93. The van der Waals surface area contributed by atoms with E-state index >= 15 is 0 Å². The van der Waals surface area contributed by atoms with E-state index in [0.29, 0.717) is 17.7 Å². The van der Waals surface area contributed by atoms with Crippen molar-refractivity contribution in [3.63, 3.8) is 0 Å². The van der Waals surface area contributed by atoms with Crippen LogP contribution < -0.4 is 4.74 Å². The maximum absolute atomic E-state index is 9.29. The van der Waals surface area contributed by atoms with Gasteiger partial charge in [-0.2, -0.15) is 5.26 Å². The van der Waals surface area contributed by atoms with Crippen molar-refractivity contribution < 1.29 is 14.9 Å². The number of hydrogen-bond acceptors (Lipinski definition) is 4. The molecule has 0 spiro atoms. The average molecular weight is 207 g/mol. The van der Waals surface area contributed by atoms with Gasteiger partial charge in [0.2, 0.25) is 0 Å². The van der Waals surface area contributed by atoms with Gasteiger partial charge in [0.05, 0.1) is 31.5 Å². The highest BCUT2D eigenvalue weighted by atomic mass is 16.5. The molecule has 0 aliphatic heterocycles. The zero-order valence-corrected chi connectivity index (χ0v) is 8.47. The summed E-state index contributed by atoms with van der Waals surface area (Å²) < 4.78 is 5.09. The standard InChI is InChI=1S/C11H13NO3/c1-15-11-4-8(6-12)2-3-9(11)5-10(14)7-13/h2-4,10,13-14H,5,7H2,1H3/t10-/m0/s1. The van der Waals surface area contributed by atoms with Gasteiger partial charge in [0.15, 0.2) is 0 Å². The van der Waals surface area contributed by atoms with Crippen LogP contribution in [-0.2, 0) is 6.42 Å². The van der Waals surface area contributed by atoms with Crippen molar-refractivity contribution in [2.75, 3.05) is 13.7 Å². The molecule has 1 atom stereocenters. The maximum atomic E-state index is 9.29. The van der Waals surface area contributed by atoms with Crippen molar-refractivity contribution in [2.24, 2.45) is 0 Å². The molecular weight excluding hydrogens is 194 g/mol. The molecule has 0 aromatic heterocycles. The summed E-state index contributed by atoms with van der Waals surface area (Å²) in [5.41, 5.74) is 1.28. The summed E-state index contributed by atoms with van der Waals surface area (Å²) in [5, 5.41) is 26.7. The second kappa shape index (κ2) is 5.35. The van der Waals surface area contributed by atoms with E-state index < -0.39 is 6.10 Å². The van der Waals surface area contributed by atoms with Crippen LogP contribution in [0, 0.1) is 11.3 Å². The number of benzene rings is 1. The first kappa shape index (κ1) is 11.5. The molecule has 4 heteroatoms. The van der Waals surface area contributed by atoms with Gasteiger partial charge in [-0.05, 0) is 17.7 Å². The van der Waals surface area contributed by atoms with Gasteiger partial charge in [-0.15, -0.1) is 0 Å². The van der Waals surface area contributed by atoms with Crippen LogP contribution in [-0.4, -0.2) is 30.0 Å². The fourth-order valence-electron chi connectivity index (χ4n) is 1.30. The second-order valence-corrected chi connectivity index (χ2v) is 3.18. The molecule has 1 rings (SSSR count). The molecule has 0 saturated heterocycles. The van der Waals surface area contributed by atoms with Crippen LogP contribution in [0.1, 0.15) is 11.1 Å². The second-order valence-electron chi connectivity index (χ2n) is 3.18. The Morgan fingerprint density at radius 1 is 1.53 bits per heavy atom. The number of aliphatic hydroxyl groups is 2. The van der Waals surface area contributed by atoms with Crippen molar-refractivity contribution >= 4 is 0 Å². The molecule has 0 aliphatic carbocycles. The Morgan fingerprint density at radius 2 is 2.27 bits per heavy atom. The molecule has 80 valence electrons. The third-order valence-corrected chi connectivity index (χ3v) is 2.08. The van der Waals surface area contributed by atoms with Crippen molar-refractivity contribution in [1.29, 1.82) is 5.26 Å². The van der Waals surface area contributed by atoms with Crippen molar-refractivity contribution in [1.82, 2.24) is 0 Å². The predicted molar refractivity (Wildman–Crippen MR) is 54.5 cm³/mol. The molecule has 2 N–H and O–H groups in total. The normalized spacial score (nSPS) is 11.9. The van der Waals surface area contributed by atoms with Gasteiger partial charge in [-0.1, -0.05) is 6.07 Å². The fourth-order valence-corrected chi connectivity index (χ4v) is 1.30. The summed E-state index contributed by atoms with van der Waals surface area (Å²) in [4.78, 5) is 0. The van der Waals surface area contributed by atoms with Crippen LogP contribution in [0.2, 0.25) is 0 Å². The molecule has 1 aromatic rings. The largest absolute Gasteiger partial charge is 0.496 e. The maximum Gasteiger partial charge on any atom is 0.123 e. The number of nitrogens with zero attached hydrogens (tertiary/aromatic N) is 1. The molecule has 0 saturated carbocycles. The zero-order chi connectivity index (χ0) is 11.3. The zero-order valence-electron chi connectivity index (χ0n) is 8.47. The lowest BCUT2D eigenvalue weighted by atomic mass is 10.1. The summed E-state index contributed by atoms with van der Waals surface area (Å²) in [6.45, 7) is -0.289. The molecule has 0 radical (unpaired) electrons. The Bertz CT molecular complexity index is 371. The highest BCUT2D eigenvalue weighted by Crippen LogP contribution is 2.21. The van der Waals surface area contributed by atoms with E-state index in [4.69, 9.17) is 15.1 Å². The lowest BCUT2D eigenvalue weighted by Crippen LogP contribution is -2.15. The highest BCUT2D eigenvalue weighted by molar-refractivity contribution is 5.42. The number of aliphatic hydroxyl groups excluding tert-OH is 2. The molecule has 0 unspecified atom stereocenters. The minimum Gasteiger partial charge on any atom is -0.496 e. The van der Waals surface area contributed by atoms with Crippen LogP contribution in [0.3, 0.4) is 0 Å².